The van der Waals surface area contributed by atoms with Gasteiger partial charge in [-0.2, -0.15) is 4.98 Å². The Hall–Kier alpha value is -2.41. The lowest BCUT2D eigenvalue weighted by Crippen LogP contribution is -2.21. The van der Waals surface area contributed by atoms with Crippen LogP contribution in [0.5, 0.6) is 0 Å². The molecule has 6 nitrogen and oxygen atoms in total. The molecule has 0 unspecified atom stereocenters. The monoisotopic (exact) mass is 406 g/mol. The Morgan fingerprint density at radius 1 is 1.08 bits per heavy atom. The molecule has 0 aliphatic heterocycles. The van der Waals surface area contributed by atoms with Gasteiger partial charge in [-0.05, 0) is 24.3 Å². The van der Waals surface area contributed by atoms with E-state index < -0.39 is 0 Å². The summed E-state index contributed by atoms with van der Waals surface area (Å²) >= 11 is 18.2. The van der Waals surface area contributed by atoms with Gasteiger partial charge in [0.05, 0.1) is 27.3 Å². The zero-order valence-electron chi connectivity index (χ0n) is 13.0. The van der Waals surface area contributed by atoms with Crippen molar-refractivity contribution in [1.29, 1.82) is 0 Å². The summed E-state index contributed by atoms with van der Waals surface area (Å²) < 4.78 is 6.58. The van der Waals surface area contributed by atoms with Crippen LogP contribution in [0.15, 0.2) is 52.0 Å². The fourth-order valence-corrected chi connectivity index (χ4v) is 3.29. The second-order valence-corrected chi connectivity index (χ2v) is 6.70. The molecule has 0 aliphatic rings. The third kappa shape index (κ3) is 3.07. The van der Waals surface area contributed by atoms with E-state index in [4.69, 9.17) is 39.3 Å². The summed E-state index contributed by atoms with van der Waals surface area (Å²) in [5, 5.41) is 5.41. The maximum Gasteiger partial charge on any atom is 0.261 e. The number of aromatic nitrogens is 4. The number of benzene rings is 2. The number of halogens is 3. The minimum atomic E-state index is -0.308. The van der Waals surface area contributed by atoms with E-state index in [1.165, 1.54) is 23.0 Å². The molecule has 0 spiro atoms. The second kappa shape index (κ2) is 6.72. The number of hydrogen-bond acceptors (Lipinski definition) is 5. The Morgan fingerprint density at radius 2 is 1.88 bits per heavy atom. The number of rotatable bonds is 3. The predicted octanol–water partition coefficient (Wildman–Crippen LogP) is 4.46. The van der Waals surface area contributed by atoms with Crippen LogP contribution in [0.25, 0.3) is 22.3 Å². The van der Waals surface area contributed by atoms with Crippen molar-refractivity contribution in [2.24, 2.45) is 0 Å². The number of fused-ring (bicyclic) bond motifs is 1. The Balaban J connectivity index is 1.72. The quantitative estimate of drug-likeness (QED) is 0.501. The molecule has 4 rings (SSSR count). The van der Waals surface area contributed by atoms with Crippen LogP contribution in [0.2, 0.25) is 15.1 Å². The maximum absolute atomic E-state index is 12.7. The van der Waals surface area contributed by atoms with E-state index in [0.29, 0.717) is 37.4 Å². The summed E-state index contributed by atoms with van der Waals surface area (Å²) in [7, 11) is 0. The van der Waals surface area contributed by atoms with Crippen molar-refractivity contribution in [3.05, 3.63) is 74.0 Å². The summed E-state index contributed by atoms with van der Waals surface area (Å²) in [6, 6.07) is 10.2. The van der Waals surface area contributed by atoms with E-state index in [1.807, 2.05) is 12.1 Å². The molecular weight excluding hydrogens is 399 g/mol. The molecule has 0 aliphatic carbocycles. The van der Waals surface area contributed by atoms with Crippen molar-refractivity contribution in [1.82, 2.24) is 19.7 Å². The minimum Gasteiger partial charge on any atom is -0.337 e. The second-order valence-electron chi connectivity index (χ2n) is 5.45. The van der Waals surface area contributed by atoms with Crippen molar-refractivity contribution in [2.75, 3.05) is 0 Å². The zero-order chi connectivity index (χ0) is 18.3. The van der Waals surface area contributed by atoms with E-state index in [9.17, 15) is 4.79 Å². The van der Waals surface area contributed by atoms with Crippen molar-refractivity contribution >= 4 is 45.7 Å². The molecule has 0 atom stereocenters. The van der Waals surface area contributed by atoms with Gasteiger partial charge in [0, 0.05) is 10.6 Å². The van der Waals surface area contributed by atoms with Crippen LogP contribution in [-0.2, 0) is 6.54 Å². The standard InChI is InChI=1S/C17H9Cl3N4O2/c18-9-5-11-15(13(20)6-9)21-8-24(17(11)25)7-14-22-16(23-26-14)10-3-1-2-4-12(10)19/h1-6,8H,7H2. The fraction of sp³-hybridized carbons (Fsp3) is 0.0588. The first-order chi connectivity index (χ1) is 12.5. The van der Waals surface area contributed by atoms with Crippen LogP contribution in [0.4, 0.5) is 0 Å². The third-order valence-corrected chi connectivity index (χ3v) is 4.57. The molecule has 0 N–H and O–H groups in total. The van der Waals surface area contributed by atoms with Crippen molar-refractivity contribution in [3.8, 4) is 11.4 Å². The number of nitrogens with zero attached hydrogens (tertiary/aromatic N) is 4. The highest BCUT2D eigenvalue weighted by Gasteiger charge is 2.14. The zero-order valence-corrected chi connectivity index (χ0v) is 15.3. The topological polar surface area (TPSA) is 73.8 Å². The normalized spacial score (nSPS) is 11.2. The van der Waals surface area contributed by atoms with Gasteiger partial charge in [0.1, 0.15) is 6.54 Å². The van der Waals surface area contributed by atoms with Gasteiger partial charge in [-0.25, -0.2) is 4.98 Å². The molecule has 2 heterocycles. The van der Waals surface area contributed by atoms with Crippen LogP contribution in [0.1, 0.15) is 5.89 Å². The van der Waals surface area contributed by atoms with Gasteiger partial charge < -0.3 is 4.52 Å². The molecule has 0 bridgehead atoms. The van der Waals surface area contributed by atoms with Gasteiger partial charge in [0.25, 0.3) is 5.56 Å². The van der Waals surface area contributed by atoms with Crippen LogP contribution < -0.4 is 5.56 Å². The fourth-order valence-electron chi connectivity index (χ4n) is 2.52. The van der Waals surface area contributed by atoms with E-state index in [0.717, 1.165) is 0 Å². The molecule has 0 radical (unpaired) electrons. The minimum absolute atomic E-state index is 0.0589. The van der Waals surface area contributed by atoms with E-state index in [-0.39, 0.29) is 18.0 Å². The highest BCUT2D eigenvalue weighted by Crippen LogP contribution is 2.26. The Kier molecular flexibility index (Phi) is 4.40. The van der Waals surface area contributed by atoms with Crippen molar-refractivity contribution in [2.45, 2.75) is 6.54 Å². The lowest BCUT2D eigenvalue weighted by molar-refractivity contribution is 0.369. The van der Waals surface area contributed by atoms with Gasteiger partial charge in [-0.15, -0.1) is 0 Å². The van der Waals surface area contributed by atoms with Crippen LogP contribution in [-0.4, -0.2) is 19.7 Å². The molecule has 2 aromatic heterocycles. The molecule has 0 fully saturated rings. The van der Waals surface area contributed by atoms with Gasteiger partial charge in [-0.3, -0.25) is 9.36 Å². The molecule has 0 saturated heterocycles. The molecule has 9 heteroatoms. The van der Waals surface area contributed by atoms with Crippen molar-refractivity contribution in [3.63, 3.8) is 0 Å². The van der Waals surface area contributed by atoms with Gasteiger partial charge in [0.2, 0.25) is 11.7 Å². The van der Waals surface area contributed by atoms with Crippen LogP contribution in [0.3, 0.4) is 0 Å². The summed E-state index contributed by atoms with van der Waals surface area (Å²) in [6.07, 6.45) is 1.38. The van der Waals surface area contributed by atoms with Gasteiger partial charge in [-0.1, -0.05) is 52.1 Å². The maximum atomic E-state index is 12.7. The van der Waals surface area contributed by atoms with Crippen molar-refractivity contribution < 1.29 is 4.52 Å². The lowest BCUT2D eigenvalue weighted by atomic mass is 10.2. The van der Waals surface area contributed by atoms with Crippen LogP contribution in [0, 0.1) is 0 Å². The molecular formula is C17H9Cl3N4O2. The average Bonchev–Trinajstić information content (AvgIpc) is 3.06. The van der Waals surface area contributed by atoms with Gasteiger partial charge >= 0.3 is 0 Å². The molecule has 0 amide bonds. The van der Waals surface area contributed by atoms with E-state index in [2.05, 4.69) is 15.1 Å². The van der Waals surface area contributed by atoms with Crippen LogP contribution >= 0.6 is 34.8 Å². The molecule has 0 saturated carbocycles. The molecule has 26 heavy (non-hydrogen) atoms. The average molecular weight is 408 g/mol. The summed E-state index contributed by atoms with van der Waals surface area (Å²) in [5.74, 6) is 0.592. The Labute approximate surface area is 161 Å². The first kappa shape index (κ1) is 17.0. The first-order valence-corrected chi connectivity index (χ1v) is 8.58. The molecule has 2 aromatic carbocycles. The van der Waals surface area contributed by atoms with Gasteiger partial charge in [0.15, 0.2) is 0 Å². The molecule has 130 valence electrons. The SMILES string of the molecule is O=c1c2cc(Cl)cc(Cl)c2ncn1Cc1nc(-c2ccccc2Cl)no1. The highest BCUT2D eigenvalue weighted by molar-refractivity contribution is 6.38. The molecule has 4 aromatic rings. The smallest absolute Gasteiger partial charge is 0.261 e. The predicted molar refractivity (Wildman–Crippen MR) is 99.9 cm³/mol. The third-order valence-electron chi connectivity index (χ3n) is 3.73. The lowest BCUT2D eigenvalue weighted by Gasteiger charge is -2.05. The summed E-state index contributed by atoms with van der Waals surface area (Å²) in [6.45, 7) is 0.0589. The Bertz CT molecular complexity index is 1190. The number of hydrogen-bond donors (Lipinski definition) is 0. The Morgan fingerprint density at radius 3 is 2.69 bits per heavy atom. The highest BCUT2D eigenvalue weighted by atomic mass is 35.5. The van der Waals surface area contributed by atoms with E-state index >= 15 is 0 Å². The first-order valence-electron chi connectivity index (χ1n) is 7.44. The summed E-state index contributed by atoms with van der Waals surface area (Å²) in [5.41, 5.74) is 0.725. The largest absolute Gasteiger partial charge is 0.337 e. The van der Waals surface area contributed by atoms with E-state index in [1.54, 1.807) is 12.1 Å². The summed E-state index contributed by atoms with van der Waals surface area (Å²) in [4.78, 5) is 21.2.